The lowest BCUT2D eigenvalue weighted by molar-refractivity contribution is -0.692. The molecule has 4 rings (SSSR count). The Morgan fingerprint density at radius 2 is 0.765 bits per heavy atom. The molecule has 68 heavy (non-hydrogen) atoms. The van der Waals surface area contributed by atoms with Crippen molar-refractivity contribution in [1.29, 1.82) is 0 Å². The molecule has 0 amide bonds. The van der Waals surface area contributed by atoms with Gasteiger partial charge in [-0.3, -0.25) is 0 Å². The summed E-state index contributed by atoms with van der Waals surface area (Å²) in [6.07, 6.45) is 51.6. The van der Waals surface area contributed by atoms with Crippen LogP contribution in [0.1, 0.15) is 205 Å². The van der Waals surface area contributed by atoms with Crippen LogP contribution in [0.25, 0.3) is 0 Å². The minimum atomic E-state index is -0.671. The van der Waals surface area contributed by atoms with Gasteiger partial charge in [0, 0.05) is 24.3 Å². The second kappa shape index (κ2) is 37.2. The van der Waals surface area contributed by atoms with Crippen molar-refractivity contribution in [3.8, 4) is 0 Å². The number of rotatable bonds is 39. The van der Waals surface area contributed by atoms with Crippen LogP contribution in [0, 0.1) is 0 Å². The van der Waals surface area contributed by atoms with E-state index in [1.54, 1.807) is 0 Å². The number of benzene rings is 1. The molecule has 1 aliphatic heterocycles. The molecule has 0 unspecified atom stereocenters. The number of aromatic nitrogens is 2. The summed E-state index contributed by atoms with van der Waals surface area (Å²) in [5.41, 5.74) is 3.22. The van der Waals surface area contributed by atoms with E-state index in [0.717, 1.165) is 68.3 Å². The van der Waals surface area contributed by atoms with Gasteiger partial charge in [0.05, 0.1) is 41.7 Å². The molecule has 0 spiro atoms. The minimum Gasteiger partial charge on any atom is -0.462 e. The highest BCUT2D eigenvalue weighted by molar-refractivity contribution is 6.00. The third-order valence-electron chi connectivity index (χ3n) is 13.1. The van der Waals surface area contributed by atoms with Crippen molar-refractivity contribution >= 4 is 11.9 Å². The Balaban J connectivity index is 1.35. The molecular formula is C61H91N3O4+2. The zero-order valence-corrected chi connectivity index (χ0v) is 42.7. The molecule has 1 N–H and O–H groups in total. The number of hydrogen-bond donors (Lipinski definition) is 1. The van der Waals surface area contributed by atoms with Crippen molar-refractivity contribution in [1.82, 2.24) is 5.32 Å². The van der Waals surface area contributed by atoms with Crippen LogP contribution in [-0.4, -0.2) is 25.2 Å². The number of nitrogens with zero attached hydrogens (tertiary/aromatic N) is 2. The number of pyridine rings is 2. The van der Waals surface area contributed by atoms with Crippen molar-refractivity contribution in [2.45, 2.75) is 213 Å². The first-order valence-corrected chi connectivity index (χ1v) is 27.4. The maximum atomic E-state index is 14.6. The van der Waals surface area contributed by atoms with Gasteiger partial charge in [0.25, 0.3) is 0 Å². The largest absolute Gasteiger partial charge is 0.462 e. The monoisotopic (exact) mass is 930 g/mol. The summed E-state index contributed by atoms with van der Waals surface area (Å²) >= 11 is 0. The molecule has 7 nitrogen and oxygen atoms in total. The number of unbranched alkanes of at least 4 members (excludes halogenated alkanes) is 24. The summed E-state index contributed by atoms with van der Waals surface area (Å²) in [6.45, 7) is 6.03. The Morgan fingerprint density at radius 3 is 1.13 bits per heavy atom. The van der Waals surface area contributed by atoms with E-state index in [-0.39, 0.29) is 0 Å². The van der Waals surface area contributed by atoms with Crippen LogP contribution in [0.15, 0.2) is 138 Å². The van der Waals surface area contributed by atoms with Crippen LogP contribution in [0.2, 0.25) is 0 Å². The molecule has 7 heteroatoms. The van der Waals surface area contributed by atoms with Gasteiger partial charge in [-0.2, -0.15) is 9.13 Å². The summed E-state index contributed by atoms with van der Waals surface area (Å²) in [6, 6.07) is 21.8. The normalized spacial score (nSPS) is 14.0. The summed E-state index contributed by atoms with van der Waals surface area (Å²) in [7, 11) is 0. The highest BCUT2D eigenvalue weighted by Crippen LogP contribution is 2.40. The molecule has 0 atom stereocenters. The molecule has 2 aromatic heterocycles. The number of hydrogen-bond acceptors (Lipinski definition) is 5. The van der Waals surface area contributed by atoms with E-state index in [9.17, 15) is 9.59 Å². The number of carbonyl (C=O) groups is 2. The van der Waals surface area contributed by atoms with Gasteiger partial charge in [0.2, 0.25) is 0 Å². The third kappa shape index (κ3) is 23.5. The highest BCUT2D eigenvalue weighted by atomic mass is 16.5. The van der Waals surface area contributed by atoms with Gasteiger partial charge in [-0.05, 0) is 69.8 Å². The quantitative estimate of drug-likeness (QED) is 0.0267. The van der Waals surface area contributed by atoms with E-state index < -0.39 is 17.9 Å². The average Bonchev–Trinajstić information content (AvgIpc) is 3.36. The van der Waals surface area contributed by atoms with Gasteiger partial charge in [-0.15, -0.1) is 0 Å². The smallest absolute Gasteiger partial charge is 0.337 e. The van der Waals surface area contributed by atoms with Crippen LogP contribution < -0.4 is 14.5 Å². The van der Waals surface area contributed by atoms with E-state index in [0.29, 0.717) is 37.4 Å². The fourth-order valence-electron chi connectivity index (χ4n) is 9.15. The SMILES string of the molecule is CCCCCCCCC=CCCCCCCCCOC(=O)C1=C(C[n+]2ccccc2)NC(C[n+]2ccccc2)=C(C(=O)OCCCCCCCCC=CCCCCCCCC)C1c1ccccc1. The lowest BCUT2D eigenvalue weighted by atomic mass is 9.80. The van der Waals surface area contributed by atoms with Gasteiger partial charge in [0.1, 0.15) is 0 Å². The van der Waals surface area contributed by atoms with Crippen molar-refractivity contribution in [3.05, 3.63) is 144 Å². The average molecular weight is 930 g/mol. The number of esters is 2. The fourth-order valence-corrected chi connectivity index (χ4v) is 9.15. The molecule has 0 radical (unpaired) electrons. The second-order valence-corrected chi connectivity index (χ2v) is 19.0. The zero-order chi connectivity index (χ0) is 48.0. The van der Waals surface area contributed by atoms with Crippen LogP contribution >= 0.6 is 0 Å². The van der Waals surface area contributed by atoms with Crippen LogP contribution in [0.4, 0.5) is 0 Å². The first-order valence-electron chi connectivity index (χ1n) is 27.4. The molecule has 3 heterocycles. The predicted octanol–water partition coefficient (Wildman–Crippen LogP) is 15.0. The Kier molecular flexibility index (Phi) is 30.5. The fraction of sp³-hybridized carbons (Fsp3) is 0.574. The van der Waals surface area contributed by atoms with Crippen molar-refractivity contribution < 1.29 is 28.2 Å². The van der Waals surface area contributed by atoms with Gasteiger partial charge < -0.3 is 14.8 Å². The third-order valence-corrected chi connectivity index (χ3v) is 13.1. The summed E-state index contributed by atoms with van der Waals surface area (Å²) < 4.78 is 16.4. The maximum Gasteiger partial charge on any atom is 0.337 e. The molecule has 0 fully saturated rings. The molecular weight excluding hydrogens is 839 g/mol. The lowest BCUT2D eigenvalue weighted by Gasteiger charge is -2.31. The summed E-state index contributed by atoms with van der Waals surface area (Å²) in [5.74, 6) is -1.46. The Labute approximate surface area is 413 Å². The topological polar surface area (TPSA) is 72.4 Å². The molecule has 0 aliphatic carbocycles. The van der Waals surface area contributed by atoms with E-state index in [1.807, 2.05) is 101 Å². The Bertz CT molecular complexity index is 1770. The van der Waals surface area contributed by atoms with Crippen LogP contribution in [0.3, 0.4) is 0 Å². The predicted molar refractivity (Wildman–Crippen MR) is 280 cm³/mol. The highest BCUT2D eigenvalue weighted by Gasteiger charge is 2.41. The van der Waals surface area contributed by atoms with Crippen LogP contribution in [0.5, 0.6) is 0 Å². The molecule has 1 aromatic carbocycles. The van der Waals surface area contributed by atoms with Crippen LogP contribution in [-0.2, 0) is 32.2 Å². The number of ether oxygens (including phenoxy) is 2. The van der Waals surface area contributed by atoms with E-state index in [4.69, 9.17) is 9.47 Å². The molecule has 0 saturated carbocycles. The van der Waals surface area contributed by atoms with Crippen molar-refractivity contribution in [2.75, 3.05) is 13.2 Å². The van der Waals surface area contributed by atoms with E-state index >= 15 is 0 Å². The van der Waals surface area contributed by atoms with E-state index in [2.05, 4.69) is 43.5 Å². The first kappa shape index (κ1) is 55.8. The second-order valence-electron chi connectivity index (χ2n) is 19.0. The minimum absolute atomic E-state index is 0.336. The number of dihydropyridines is 1. The molecule has 0 bridgehead atoms. The van der Waals surface area contributed by atoms with Gasteiger partial charge in [-0.25, -0.2) is 9.59 Å². The zero-order valence-electron chi connectivity index (χ0n) is 42.7. The van der Waals surface area contributed by atoms with Crippen molar-refractivity contribution in [3.63, 3.8) is 0 Å². The molecule has 1 aliphatic rings. The molecule has 372 valence electrons. The van der Waals surface area contributed by atoms with Gasteiger partial charge in [-0.1, -0.05) is 196 Å². The number of carbonyl (C=O) groups excluding carboxylic acids is 2. The standard InChI is InChI=1S/C61H90N3O4/c1-3-5-7-9-11-13-15-17-19-21-23-25-27-29-31-42-50-67-60(65)58-55(52-63-46-38-34-39-47-63)62-56(53-64-48-40-35-41-49-64)59(57(58)54-44-36-33-37-45-54)61(66)68-51-43-32-30-28-26-24-22-20-18-16-14-12-10-8-6-4-2/h17-20,33-41,44-49,57H,3-16,21-32,42-43,50-53H2,1-2H3/q+1/p+1. The molecule has 0 saturated heterocycles. The van der Waals surface area contributed by atoms with Crippen molar-refractivity contribution in [2.24, 2.45) is 0 Å². The van der Waals surface area contributed by atoms with E-state index in [1.165, 1.54) is 128 Å². The number of nitrogens with one attached hydrogen (secondary N) is 1. The summed E-state index contributed by atoms with van der Waals surface area (Å²) in [5, 5.41) is 3.64. The van der Waals surface area contributed by atoms with Gasteiger partial charge >= 0.3 is 11.9 Å². The maximum absolute atomic E-state index is 14.6. The number of allylic oxidation sites excluding steroid dienone is 6. The summed E-state index contributed by atoms with van der Waals surface area (Å²) in [4.78, 5) is 29.2. The lowest BCUT2D eigenvalue weighted by Crippen LogP contribution is -2.45. The molecule has 3 aromatic rings. The Hall–Kier alpha value is -4.78. The Morgan fingerprint density at radius 1 is 0.441 bits per heavy atom. The van der Waals surface area contributed by atoms with Gasteiger partial charge in [0.15, 0.2) is 37.9 Å². The first-order chi connectivity index (χ1) is 33.6.